The topological polar surface area (TPSA) is 73.2 Å². The summed E-state index contributed by atoms with van der Waals surface area (Å²) in [5.74, 6) is 0.632. The zero-order chi connectivity index (χ0) is 23.0. The molecule has 8 heteroatoms. The monoisotopic (exact) mass is 431 g/mol. The number of hydrogen-bond donors (Lipinski definition) is 0. The van der Waals surface area contributed by atoms with Crippen molar-refractivity contribution < 1.29 is 23.8 Å². The van der Waals surface area contributed by atoms with E-state index in [0.717, 1.165) is 5.69 Å². The van der Waals surface area contributed by atoms with E-state index in [1.165, 1.54) is 14.2 Å². The fraction of sp³-hybridized carbons (Fsp3) is 0.478. The standard InChI is InChI=1S/C23H33N3O5/c1-17(2)26(23(28)18-12-20(30-5)14-21(13-18)31-6)16-22(27)25(10-11-29-4)15-19-8-7-9-24(19)3/h7-9,12-14,17H,10-11,15-16H2,1-6H3. The molecule has 2 aromatic rings. The highest BCUT2D eigenvalue weighted by atomic mass is 16.5. The minimum atomic E-state index is -0.258. The van der Waals surface area contributed by atoms with Crippen LogP contribution < -0.4 is 9.47 Å². The third kappa shape index (κ3) is 6.49. The Kier molecular flexibility index (Phi) is 8.93. The van der Waals surface area contributed by atoms with Gasteiger partial charge in [-0.05, 0) is 38.1 Å². The molecule has 1 aromatic heterocycles. The zero-order valence-electron chi connectivity index (χ0n) is 19.3. The number of nitrogens with zero attached hydrogens (tertiary/aromatic N) is 3. The number of benzene rings is 1. The van der Waals surface area contributed by atoms with Crippen molar-refractivity contribution >= 4 is 11.8 Å². The Balaban J connectivity index is 2.24. The molecule has 0 spiro atoms. The Bertz CT molecular complexity index is 856. The molecule has 2 rings (SSSR count). The first-order valence-electron chi connectivity index (χ1n) is 10.2. The largest absolute Gasteiger partial charge is 0.497 e. The number of carbonyl (C=O) groups excluding carboxylic acids is 2. The van der Waals surface area contributed by atoms with Gasteiger partial charge in [-0.1, -0.05) is 0 Å². The molecular weight excluding hydrogens is 398 g/mol. The molecule has 0 saturated heterocycles. The van der Waals surface area contributed by atoms with Crippen LogP contribution in [0.2, 0.25) is 0 Å². The van der Waals surface area contributed by atoms with E-state index in [-0.39, 0.29) is 24.4 Å². The van der Waals surface area contributed by atoms with E-state index in [1.807, 2.05) is 43.8 Å². The molecule has 0 atom stereocenters. The van der Waals surface area contributed by atoms with Gasteiger partial charge in [0.25, 0.3) is 5.91 Å². The lowest BCUT2D eigenvalue weighted by atomic mass is 10.1. The van der Waals surface area contributed by atoms with Gasteiger partial charge in [0.2, 0.25) is 5.91 Å². The maximum absolute atomic E-state index is 13.3. The number of hydrogen-bond acceptors (Lipinski definition) is 5. The molecule has 0 aliphatic heterocycles. The molecule has 0 saturated carbocycles. The van der Waals surface area contributed by atoms with Crippen LogP contribution >= 0.6 is 0 Å². The molecule has 31 heavy (non-hydrogen) atoms. The zero-order valence-corrected chi connectivity index (χ0v) is 19.3. The van der Waals surface area contributed by atoms with Crippen LogP contribution in [0.3, 0.4) is 0 Å². The second kappa shape index (κ2) is 11.4. The van der Waals surface area contributed by atoms with Crippen molar-refractivity contribution in [2.24, 2.45) is 7.05 Å². The van der Waals surface area contributed by atoms with Crippen LogP contribution in [0, 0.1) is 0 Å². The van der Waals surface area contributed by atoms with Gasteiger partial charge >= 0.3 is 0 Å². The van der Waals surface area contributed by atoms with E-state index >= 15 is 0 Å². The van der Waals surface area contributed by atoms with Crippen LogP contribution in [-0.2, 0) is 23.1 Å². The highest BCUT2D eigenvalue weighted by Crippen LogP contribution is 2.24. The molecule has 0 fully saturated rings. The minimum absolute atomic E-state index is 0.0375. The van der Waals surface area contributed by atoms with Gasteiger partial charge in [0.1, 0.15) is 18.0 Å². The summed E-state index contributed by atoms with van der Waals surface area (Å²) in [6.45, 7) is 5.04. The molecule has 1 aromatic carbocycles. The third-order valence-electron chi connectivity index (χ3n) is 5.11. The Morgan fingerprint density at radius 2 is 1.71 bits per heavy atom. The average Bonchev–Trinajstić information content (AvgIpc) is 3.17. The van der Waals surface area contributed by atoms with E-state index in [0.29, 0.717) is 36.8 Å². The number of ether oxygens (including phenoxy) is 3. The van der Waals surface area contributed by atoms with Crippen LogP contribution in [-0.4, -0.2) is 73.2 Å². The van der Waals surface area contributed by atoms with Gasteiger partial charge in [0.15, 0.2) is 0 Å². The maximum atomic E-state index is 13.3. The quantitative estimate of drug-likeness (QED) is 0.547. The van der Waals surface area contributed by atoms with E-state index in [4.69, 9.17) is 14.2 Å². The van der Waals surface area contributed by atoms with Crippen molar-refractivity contribution in [1.29, 1.82) is 0 Å². The lowest BCUT2D eigenvalue weighted by molar-refractivity contribution is -0.133. The second-order valence-corrected chi connectivity index (χ2v) is 7.55. The van der Waals surface area contributed by atoms with Gasteiger partial charge in [0.05, 0.1) is 27.4 Å². The van der Waals surface area contributed by atoms with Crippen LogP contribution in [0.5, 0.6) is 11.5 Å². The molecule has 170 valence electrons. The van der Waals surface area contributed by atoms with Gasteiger partial charge < -0.3 is 28.6 Å². The molecule has 0 radical (unpaired) electrons. The number of rotatable bonds is 11. The summed E-state index contributed by atoms with van der Waals surface area (Å²) >= 11 is 0. The SMILES string of the molecule is COCCN(Cc1cccn1C)C(=O)CN(C(=O)c1cc(OC)cc(OC)c1)C(C)C. The summed E-state index contributed by atoms with van der Waals surface area (Å²) in [6.07, 6.45) is 1.94. The molecular formula is C23H33N3O5. The first kappa shape index (κ1) is 24.3. The summed E-state index contributed by atoms with van der Waals surface area (Å²) in [6, 6.07) is 8.74. The van der Waals surface area contributed by atoms with E-state index < -0.39 is 0 Å². The van der Waals surface area contributed by atoms with Crippen LogP contribution in [0.25, 0.3) is 0 Å². The second-order valence-electron chi connectivity index (χ2n) is 7.55. The highest BCUT2D eigenvalue weighted by molar-refractivity contribution is 5.97. The molecule has 0 aliphatic carbocycles. The Hall–Kier alpha value is -3.00. The van der Waals surface area contributed by atoms with E-state index in [9.17, 15) is 9.59 Å². The predicted octanol–water partition coefficient (Wildman–Crippen LogP) is 2.57. The van der Waals surface area contributed by atoms with Gasteiger partial charge in [-0.15, -0.1) is 0 Å². The van der Waals surface area contributed by atoms with Gasteiger partial charge in [0, 0.05) is 50.3 Å². The van der Waals surface area contributed by atoms with Gasteiger partial charge in [-0.2, -0.15) is 0 Å². The van der Waals surface area contributed by atoms with E-state index in [2.05, 4.69) is 0 Å². The lowest BCUT2D eigenvalue weighted by Crippen LogP contribution is -2.46. The first-order chi connectivity index (χ1) is 14.8. The normalized spacial score (nSPS) is 10.8. The Morgan fingerprint density at radius 3 is 2.19 bits per heavy atom. The lowest BCUT2D eigenvalue weighted by Gasteiger charge is -2.30. The van der Waals surface area contributed by atoms with Gasteiger partial charge in [-0.25, -0.2) is 0 Å². The van der Waals surface area contributed by atoms with Crippen molar-refractivity contribution in [2.75, 3.05) is 41.0 Å². The summed E-state index contributed by atoms with van der Waals surface area (Å²) in [7, 11) is 6.60. The minimum Gasteiger partial charge on any atom is -0.497 e. The number of amides is 2. The number of aryl methyl sites for hydroxylation is 1. The predicted molar refractivity (Wildman–Crippen MR) is 118 cm³/mol. The molecule has 8 nitrogen and oxygen atoms in total. The average molecular weight is 432 g/mol. The molecule has 2 amide bonds. The summed E-state index contributed by atoms with van der Waals surface area (Å²) in [4.78, 5) is 29.8. The molecule has 1 heterocycles. The Morgan fingerprint density at radius 1 is 1.06 bits per heavy atom. The molecule has 0 bridgehead atoms. The molecule has 0 aliphatic rings. The summed E-state index contributed by atoms with van der Waals surface area (Å²) in [5.41, 5.74) is 1.41. The van der Waals surface area contributed by atoms with Crippen LogP contribution in [0.15, 0.2) is 36.5 Å². The molecule has 0 unspecified atom stereocenters. The summed E-state index contributed by atoms with van der Waals surface area (Å²) in [5, 5.41) is 0. The number of methoxy groups -OCH3 is 3. The van der Waals surface area contributed by atoms with Crippen molar-refractivity contribution in [3.63, 3.8) is 0 Å². The smallest absolute Gasteiger partial charge is 0.254 e. The summed E-state index contributed by atoms with van der Waals surface area (Å²) < 4.78 is 17.7. The van der Waals surface area contributed by atoms with Crippen LogP contribution in [0.4, 0.5) is 0 Å². The molecule has 0 N–H and O–H groups in total. The van der Waals surface area contributed by atoms with Gasteiger partial charge in [-0.3, -0.25) is 9.59 Å². The van der Waals surface area contributed by atoms with Crippen molar-refractivity contribution in [2.45, 2.75) is 26.4 Å². The highest BCUT2D eigenvalue weighted by Gasteiger charge is 2.25. The maximum Gasteiger partial charge on any atom is 0.254 e. The van der Waals surface area contributed by atoms with Crippen molar-refractivity contribution in [1.82, 2.24) is 14.4 Å². The van der Waals surface area contributed by atoms with Crippen LogP contribution in [0.1, 0.15) is 29.9 Å². The fourth-order valence-electron chi connectivity index (χ4n) is 3.18. The first-order valence-corrected chi connectivity index (χ1v) is 10.2. The Labute approximate surface area is 184 Å². The number of aromatic nitrogens is 1. The van der Waals surface area contributed by atoms with Crippen molar-refractivity contribution in [3.05, 3.63) is 47.8 Å². The number of carbonyl (C=O) groups is 2. The third-order valence-corrected chi connectivity index (χ3v) is 5.11. The van der Waals surface area contributed by atoms with Crippen molar-refractivity contribution in [3.8, 4) is 11.5 Å². The fourth-order valence-corrected chi connectivity index (χ4v) is 3.18. The van der Waals surface area contributed by atoms with E-state index in [1.54, 1.807) is 35.1 Å².